The molecule has 1 aliphatic heterocycles. The average Bonchev–Trinajstić information content (AvgIpc) is 3.20. The highest BCUT2D eigenvalue weighted by atomic mass is 32.1. The number of rotatable bonds is 6. The highest BCUT2D eigenvalue weighted by Crippen LogP contribution is 2.35. The van der Waals surface area contributed by atoms with E-state index in [-0.39, 0.29) is 37.9 Å². The van der Waals surface area contributed by atoms with Crippen LogP contribution in [-0.2, 0) is 30.4 Å². The molecule has 0 bridgehead atoms. The topological polar surface area (TPSA) is 75.9 Å². The Bertz CT molecular complexity index is 1210. The van der Waals surface area contributed by atoms with Crippen molar-refractivity contribution in [1.82, 2.24) is 19.7 Å². The van der Waals surface area contributed by atoms with Crippen LogP contribution in [-0.4, -0.2) is 38.7 Å². The minimum absolute atomic E-state index is 0. The quantitative estimate of drug-likeness (QED) is 0.538. The Kier molecular flexibility index (Phi) is 7.78. The number of carbonyl (C=O) groups excluding carboxylic acids is 1. The van der Waals surface area contributed by atoms with Gasteiger partial charge in [-0.2, -0.15) is 31.8 Å². The molecule has 188 valence electrons. The Hall–Kier alpha value is -3.08. The van der Waals surface area contributed by atoms with Gasteiger partial charge in [-0.1, -0.05) is 13.8 Å². The molecule has 0 spiro atoms. The number of nitrogens with one attached hydrogen (secondary N) is 1. The summed E-state index contributed by atoms with van der Waals surface area (Å²) in [6, 6.07) is 3.76. The van der Waals surface area contributed by atoms with Crippen molar-refractivity contribution < 1.29 is 18.0 Å². The molecule has 0 aromatic carbocycles. The third-order valence-electron chi connectivity index (χ3n) is 6.00. The minimum Gasteiger partial charge on any atom is -0.361 e. The third kappa shape index (κ3) is 5.77. The second-order valence-electron chi connectivity index (χ2n) is 8.96. The summed E-state index contributed by atoms with van der Waals surface area (Å²) in [6.45, 7) is 6.08. The number of carbonyl (C=O) groups is 1. The van der Waals surface area contributed by atoms with E-state index in [9.17, 15) is 18.0 Å². The average molecular weight is 507 g/mol. The van der Waals surface area contributed by atoms with Gasteiger partial charge < -0.3 is 10.2 Å². The van der Waals surface area contributed by atoms with Gasteiger partial charge in [-0.25, -0.2) is 0 Å². The van der Waals surface area contributed by atoms with Crippen LogP contribution in [0.5, 0.6) is 0 Å². The van der Waals surface area contributed by atoms with Crippen molar-refractivity contribution in [3.63, 3.8) is 0 Å². The standard InChI is InChI=1S/C24H27F3N6O.H2S/c1-14(2)22-23(34)31-21-15(3)30-18(10-20(21)32(22)4)6-5-16-11-29-33(12-16)13-19-9-17(7-8-28-19)24(25,26)27;/h7-12,14,22H,5-6,13H2,1-4H3,(H,31,34);1H2/t22-;/m0./s1. The van der Waals surface area contributed by atoms with E-state index in [1.54, 1.807) is 10.9 Å². The van der Waals surface area contributed by atoms with Crippen molar-refractivity contribution in [2.45, 2.75) is 52.4 Å². The van der Waals surface area contributed by atoms with Crippen LogP contribution in [0.25, 0.3) is 0 Å². The molecule has 4 heterocycles. The summed E-state index contributed by atoms with van der Waals surface area (Å²) < 4.78 is 40.4. The van der Waals surface area contributed by atoms with E-state index in [0.717, 1.165) is 46.7 Å². The number of anilines is 2. The van der Waals surface area contributed by atoms with Gasteiger partial charge in [0.05, 0.1) is 41.1 Å². The molecule has 35 heavy (non-hydrogen) atoms. The zero-order chi connectivity index (χ0) is 24.6. The number of fused-ring (bicyclic) bond motifs is 1. The summed E-state index contributed by atoms with van der Waals surface area (Å²) in [4.78, 5) is 23.2. The molecule has 11 heteroatoms. The summed E-state index contributed by atoms with van der Waals surface area (Å²) in [5, 5.41) is 7.27. The number of aryl methyl sites for hydroxylation is 3. The summed E-state index contributed by atoms with van der Waals surface area (Å²) >= 11 is 0. The number of likely N-dealkylation sites (N-methyl/N-ethyl adjacent to an activating group) is 1. The first kappa shape index (κ1) is 26.5. The van der Waals surface area contributed by atoms with E-state index in [4.69, 9.17) is 0 Å². The van der Waals surface area contributed by atoms with Crippen LogP contribution in [0.15, 0.2) is 36.8 Å². The SMILES string of the molecule is Cc1nc(CCc2cnn(Cc3cc(C(F)(F)F)ccn3)c2)cc2c1NC(=O)[C@H](C(C)C)N2C.S. The number of amides is 1. The minimum atomic E-state index is -4.40. The third-order valence-corrected chi connectivity index (χ3v) is 6.00. The lowest BCUT2D eigenvalue weighted by molar-refractivity contribution is -0.137. The molecule has 0 radical (unpaired) electrons. The van der Waals surface area contributed by atoms with Crippen LogP contribution in [0.3, 0.4) is 0 Å². The van der Waals surface area contributed by atoms with Gasteiger partial charge >= 0.3 is 6.18 Å². The van der Waals surface area contributed by atoms with Crippen molar-refractivity contribution in [2.24, 2.45) is 5.92 Å². The lowest BCUT2D eigenvalue weighted by atomic mass is 9.97. The summed E-state index contributed by atoms with van der Waals surface area (Å²) in [6.07, 6.45) is 1.62. The molecule has 3 aromatic rings. The van der Waals surface area contributed by atoms with Crippen molar-refractivity contribution in [2.75, 3.05) is 17.3 Å². The Labute approximate surface area is 209 Å². The van der Waals surface area contributed by atoms with Gasteiger partial charge in [-0.05, 0) is 49.4 Å². The highest BCUT2D eigenvalue weighted by molar-refractivity contribution is 7.59. The van der Waals surface area contributed by atoms with Gasteiger partial charge in [0.1, 0.15) is 6.04 Å². The van der Waals surface area contributed by atoms with Crippen molar-refractivity contribution in [3.8, 4) is 0 Å². The van der Waals surface area contributed by atoms with E-state index in [0.29, 0.717) is 18.5 Å². The van der Waals surface area contributed by atoms with Gasteiger partial charge in [0, 0.05) is 25.1 Å². The molecular weight excluding hydrogens is 477 g/mol. The number of nitrogens with zero attached hydrogens (tertiary/aromatic N) is 5. The molecular formula is C24H29F3N6OS. The van der Waals surface area contributed by atoms with Crippen LogP contribution < -0.4 is 10.2 Å². The first-order valence-corrected chi connectivity index (χ1v) is 11.1. The Morgan fingerprint density at radius 2 is 1.91 bits per heavy atom. The number of hydrogen-bond donors (Lipinski definition) is 1. The lowest BCUT2D eigenvalue weighted by Gasteiger charge is -2.38. The fourth-order valence-corrected chi connectivity index (χ4v) is 4.35. The maximum Gasteiger partial charge on any atom is 0.416 e. The number of pyridine rings is 2. The number of alkyl halides is 3. The first-order valence-electron chi connectivity index (χ1n) is 11.1. The van der Waals surface area contributed by atoms with Crippen LogP contribution in [0.1, 0.15) is 42.1 Å². The van der Waals surface area contributed by atoms with E-state index in [2.05, 4.69) is 20.4 Å². The fraction of sp³-hybridized carbons (Fsp3) is 0.417. The Balaban J connectivity index is 0.00000342. The maximum atomic E-state index is 12.9. The van der Waals surface area contributed by atoms with E-state index in [1.807, 2.05) is 45.0 Å². The molecule has 1 N–H and O–H groups in total. The zero-order valence-electron chi connectivity index (χ0n) is 20.0. The highest BCUT2D eigenvalue weighted by Gasteiger charge is 2.34. The number of hydrogen-bond acceptors (Lipinski definition) is 5. The van der Waals surface area contributed by atoms with Crippen LogP contribution in [0.4, 0.5) is 24.5 Å². The smallest absolute Gasteiger partial charge is 0.361 e. The van der Waals surface area contributed by atoms with Gasteiger partial charge in [-0.15, -0.1) is 0 Å². The maximum absolute atomic E-state index is 12.9. The van der Waals surface area contributed by atoms with Gasteiger partial charge in [0.2, 0.25) is 5.91 Å². The second-order valence-corrected chi connectivity index (χ2v) is 8.96. The monoisotopic (exact) mass is 506 g/mol. The fourth-order valence-electron chi connectivity index (χ4n) is 4.35. The van der Waals surface area contributed by atoms with Crippen molar-refractivity contribution >= 4 is 30.8 Å². The molecule has 0 fully saturated rings. The lowest BCUT2D eigenvalue weighted by Crippen LogP contribution is -2.49. The summed E-state index contributed by atoms with van der Waals surface area (Å²) in [5.74, 6) is 0.137. The van der Waals surface area contributed by atoms with Crippen LogP contribution in [0.2, 0.25) is 0 Å². The van der Waals surface area contributed by atoms with E-state index in [1.165, 1.54) is 0 Å². The van der Waals surface area contributed by atoms with Crippen LogP contribution >= 0.6 is 13.5 Å². The molecule has 0 aliphatic carbocycles. The van der Waals surface area contributed by atoms with Crippen molar-refractivity contribution in [3.05, 3.63) is 65.0 Å². The second kappa shape index (κ2) is 10.3. The number of aromatic nitrogens is 4. The van der Waals surface area contributed by atoms with Crippen molar-refractivity contribution in [1.29, 1.82) is 0 Å². The van der Waals surface area contributed by atoms with Gasteiger partial charge in [-0.3, -0.25) is 19.4 Å². The molecule has 0 saturated carbocycles. The Morgan fingerprint density at radius 1 is 1.17 bits per heavy atom. The molecule has 0 unspecified atom stereocenters. The molecule has 1 atom stereocenters. The Morgan fingerprint density at radius 3 is 2.60 bits per heavy atom. The predicted octanol–water partition coefficient (Wildman–Crippen LogP) is 4.36. The summed E-state index contributed by atoms with van der Waals surface area (Å²) in [7, 11) is 1.93. The molecule has 7 nitrogen and oxygen atoms in total. The van der Waals surface area contributed by atoms with Crippen LogP contribution in [0, 0.1) is 12.8 Å². The molecule has 4 rings (SSSR count). The predicted molar refractivity (Wildman–Crippen MR) is 133 cm³/mol. The van der Waals surface area contributed by atoms with Gasteiger partial charge in [0.25, 0.3) is 0 Å². The normalized spacial score (nSPS) is 15.6. The molecule has 0 saturated heterocycles. The van der Waals surface area contributed by atoms with E-state index >= 15 is 0 Å². The first-order chi connectivity index (χ1) is 16.0. The zero-order valence-corrected chi connectivity index (χ0v) is 21.0. The molecule has 3 aromatic heterocycles. The van der Waals surface area contributed by atoms with E-state index < -0.39 is 11.7 Å². The van der Waals surface area contributed by atoms with Gasteiger partial charge in [0.15, 0.2) is 0 Å². The molecule has 1 aliphatic rings. The largest absolute Gasteiger partial charge is 0.416 e. The number of halogens is 3. The summed E-state index contributed by atoms with van der Waals surface area (Å²) in [5.41, 5.74) is 3.88. The molecule has 1 amide bonds.